The standard InChI is InChI=1S/C8H12ClNO3/c9-8(10-12)13-7(11)6-4-2-1-3-5-6/h6,12H,1-5H2. The molecule has 0 aromatic carbocycles. The van der Waals surface area contributed by atoms with Crippen LogP contribution in [0.2, 0.25) is 0 Å². The molecule has 0 saturated heterocycles. The molecule has 1 N–H and O–H groups in total. The average Bonchev–Trinajstić information content (AvgIpc) is 2.19. The monoisotopic (exact) mass is 205 g/mol. The van der Waals surface area contributed by atoms with E-state index in [0.29, 0.717) is 0 Å². The highest BCUT2D eigenvalue weighted by molar-refractivity contribution is 6.63. The van der Waals surface area contributed by atoms with Crippen LogP contribution in [0.5, 0.6) is 0 Å². The molecule has 0 radical (unpaired) electrons. The second-order valence-corrected chi connectivity index (χ2v) is 3.43. The van der Waals surface area contributed by atoms with Gasteiger partial charge in [0.15, 0.2) is 0 Å². The fraction of sp³-hybridized carbons (Fsp3) is 0.750. The van der Waals surface area contributed by atoms with Gasteiger partial charge in [-0.25, -0.2) is 0 Å². The van der Waals surface area contributed by atoms with E-state index in [0.717, 1.165) is 25.7 Å². The Kier molecular flexibility index (Phi) is 4.02. The van der Waals surface area contributed by atoms with Crippen LogP contribution in [0.25, 0.3) is 0 Å². The minimum atomic E-state index is -0.504. The largest absolute Gasteiger partial charge is 0.407 e. The van der Waals surface area contributed by atoms with Crippen LogP contribution in [0.1, 0.15) is 32.1 Å². The molecule has 1 aliphatic rings. The third-order valence-corrected chi connectivity index (χ3v) is 2.35. The summed E-state index contributed by atoms with van der Waals surface area (Å²) in [5.74, 6) is -0.466. The Labute approximate surface area is 81.5 Å². The van der Waals surface area contributed by atoms with Crippen molar-refractivity contribution in [2.45, 2.75) is 32.1 Å². The molecule has 0 unspecified atom stereocenters. The van der Waals surface area contributed by atoms with Crippen LogP contribution in [0.4, 0.5) is 0 Å². The van der Waals surface area contributed by atoms with Gasteiger partial charge in [0, 0.05) is 0 Å². The van der Waals surface area contributed by atoms with Crippen LogP contribution in [-0.4, -0.2) is 16.5 Å². The average molecular weight is 206 g/mol. The van der Waals surface area contributed by atoms with Crippen molar-refractivity contribution in [2.24, 2.45) is 11.1 Å². The first-order chi connectivity index (χ1) is 6.24. The minimum absolute atomic E-state index is 0.0794. The lowest BCUT2D eigenvalue weighted by atomic mass is 9.89. The molecule has 5 heteroatoms. The van der Waals surface area contributed by atoms with E-state index in [1.807, 2.05) is 0 Å². The molecule has 0 amide bonds. The first-order valence-electron chi connectivity index (χ1n) is 4.33. The smallest absolute Gasteiger partial charge is 0.329 e. The maximum atomic E-state index is 11.3. The third-order valence-electron chi connectivity index (χ3n) is 2.20. The van der Waals surface area contributed by atoms with Gasteiger partial charge in [-0.2, -0.15) is 0 Å². The van der Waals surface area contributed by atoms with E-state index < -0.39 is 5.36 Å². The van der Waals surface area contributed by atoms with Crippen molar-refractivity contribution >= 4 is 22.9 Å². The maximum absolute atomic E-state index is 11.3. The number of rotatable bonds is 1. The Hall–Kier alpha value is -0.770. The predicted octanol–water partition coefficient (Wildman–Crippen LogP) is 2.09. The van der Waals surface area contributed by atoms with E-state index >= 15 is 0 Å². The van der Waals surface area contributed by atoms with E-state index in [2.05, 4.69) is 9.89 Å². The molecule has 4 nitrogen and oxygen atoms in total. The predicted molar refractivity (Wildman–Crippen MR) is 47.7 cm³/mol. The quantitative estimate of drug-likeness (QED) is 0.235. The van der Waals surface area contributed by atoms with Crippen molar-refractivity contribution in [3.05, 3.63) is 0 Å². The molecule has 0 heterocycles. The molecule has 1 aliphatic carbocycles. The van der Waals surface area contributed by atoms with Gasteiger partial charge in [-0.15, -0.1) is 0 Å². The second-order valence-electron chi connectivity index (χ2n) is 3.11. The lowest BCUT2D eigenvalue weighted by molar-refractivity contribution is -0.141. The van der Waals surface area contributed by atoms with Crippen LogP contribution in [0, 0.1) is 5.92 Å². The number of esters is 1. The van der Waals surface area contributed by atoms with E-state index in [9.17, 15) is 4.79 Å². The van der Waals surface area contributed by atoms with Crippen molar-refractivity contribution < 1.29 is 14.7 Å². The Balaban J connectivity index is 2.37. The van der Waals surface area contributed by atoms with Gasteiger partial charge in [0.05, 0.1) is 5.92 Å². The molecule has 1 fully saturated rings. The number of hydrogen-bond acceptors (Lipinski definition) is 4. The van der Waals surface area contributed by atoms with Gasteiger partial charge in [-0.05, 0) is 29.6 Å². The van der Waals surface area contributed by atoms with Crippen LogP contribution in [0.3, 0.4) is 0 Å². The zero-order valence-corrected chi connectivity index (χ0v) is 7.96. The molecule has 0 spiro atoms. The Morgan fingerprint density at radius 3 is 2.54 bits per heavy atom. The molecule has 1 rings (SSSR count). The molecular weight excluding hydrogens is 194 g/mol. The van der Waals surface area contributed by atoms with Gasteiger partial charge >= 0.3 is 11.3 Å². The van der Waals surface area contributed by atoms with Crippen molar-refractivity contribution in [2.75, 3.05) is 0 Å². The van der Waals surface area contributed by atoms with E-state index in [1.165, 1.54) is 6.42 Å². The van der Waals surface area contributed by atoms with Crippen molar-refractivity contribution in [3.63, 3.8) is 0 Å². The van der Waals surface area contributed by atoms with Crippen LogP contribution < -0.4 is 0 Å². The summed E-state index contributed by atoms with van der Waals surface area (Å²) in [5.41, 5.74) is 0. The Bertz CT molecular complexity index is 211. The van der Waals surface area contributed by atoms with E-state index in [1.54, 1.807) is 0 Å². The Morgan fingerprint density at radius 1 is 1.38 bits per heavy atom. The first-order valence-corrected chi connectivity index (χ1v) is 4.71. The summed E-state index contributed by atoms with van der Waals surface area (Å²) in [6.07, 6.45) is 4.95. The minimum Gasteiger partial charge on any atom is -0.407 e. The number of nitrogens with zero attached hydrogens (tertiary/aromatic N) is 1. The van der Waals surface area contributed by atoms with Crippen LogP contribution in [0.15, 0.2) is 5.16 Å². The van der Waals surface area contributed by atoms with Gasteiger partial charge in [0.2, 0.25) is 0 Å². The van der Waals surface area contributed by atoms with Gasteiger partial charge in [-0.1, -0.05) is 19.3 Å². The number of ether oxygens (including phenoxy) is 1. The number of oxime groups is 1. The number of hydrogen-bond donors (Lipinski definition) is 1. The normalized spacial score (nSPS) is 19.9. The van der Waals surface area contributed by atoms with Crippen molar-refractivity contribution in [1.29, 1.82) is 0 Å². The van der Waals surface area contributed by atoms with E-state index in [-0.39, 0.29) is 11.9 Å². The number of carbonyl (C=O) groups excluding carboxylic acids is 1. The number of carbonyl (C=O) groups is 1. The molecule has 74 valence electrons. The molecule has 1 saturated carbocycles. The highest BCUT2D eigenvalue weighted by Gasteiger charge is 2.23. The zero-order valence-electron chi connectivity index (χ0n) is 7.20. The van der Waals surface area contributed by atoms with Crippen molar-refractivity contribution in [3.8, 4) is 0 Å². The molecule has 0 bridgehead atoms. The summed E-state index contributed by atoms with van der Waals surface area (Å²) >= 11 is 5.24. The Morgan fingerprint density at radius 2 is 2.00 bits per heavy atom. The summed E-state index contributed by atoms with van der Waals surface area (Å²) in [5, 5.41) is 10.2. The third kappa shape index (κ3) is 3.22. The van der Waals surface area contributed by atoms with E-state index in [4.69, 9.17) is 16.8 Å². The molecular formula is C8H12ClNO3. The van der Waals surface area contributed by atoms with Gasteiger partial charge in [-0.3, -0.25) is 4.79 Å². The molecule has 0 aromatic heterocycles. The van der Waals surface area contributed by atoms with Gasteiger partial charge < -0.3 is 9.94 Å². The fourth-order valence-corrected chi connectivity index (χ4v) is 1.60. The molecule has 0 aromatic rings. The lowest BCUT2D eigenvalue weighted by Gasteiger charge is -2.18. The summed E-state index contributed by atoms with van der Waals surface area (Å²) in [6.45, 7) is 0. The zero-order chi connectivity index (χ0) is 9.68. The fourth-order valence-electron chi connectivity index (χ4n) is 1.53. The SMILES string of the molecule is O=C(OC(Cl)=NO)C1CCCCC1. The second kappa shape index (κ2) is 5.07. The highest BCUT2D eigenvalue weighted by atomic mass is 35.5. The number of halogens is 1. The molecule has 0 aliphatic heterocycles. The lowest BCUT2D eigenvalue weighted by Crippen LogP contribution is -2.21. The van der Waals surface area contributed by atoms with Crippen LogP contribution in [-0.2, 0) is 9.53 Å². The first kappa shape index (κ1) is 10.3. The topological polar surface area (TPSA) is 58.9 Å². The molecule has 13 heavy (non-hydrogen) atoms. The van der Waals surface area contributed by atoms with Crippen molar-refractivity contribution in [1.82, 2.24) is 0 Å². The summed E-state index contributed by atoms with van der Waals surface area (Å²) in [7, 11) is 0. The summed E-state index contributed by atoms with van der Waals surface area (Å²) in [4.78, 5) is 11.3. The molecule has 0 atom stereocenters. The van der Waals surface area contributed by atoms with Gasteiger partial charge in [0.1, 0.15) is 0 Å². The summed E-state index contributed by atoms with van der Waals surface area (Å²) < 4.78 is 4.57. The maximum Gasteiger partial charge on any atom is 0.329 e. The van der Waals surface area contributed by atoms with Gasteiger partial charge in [0.25, 0.3) is 0 Å². The highest BCUT2D eigenvalue weighted by Crippen LogP contribution is 2.24. The summed E-state index contributed by atoms with van der Waals surface area (Å²) in [6, 6.07) is 0. The van der Waals surface area contributed by atoms with Crippen LogP contribution >= 0.6 is 11.6 Å².